The van der Waals surface area contributed by atoms with E-state index >= 15 is 0 Å². The smallest absolute Gasteiger partial charge is 0.186 e. The highest BCUT2D eigenvalue weighted by atomic mass is 15.2. The van der Waals surface area contributed by atoms with Crippen molar-refractivity contribution in [3.8, 4) is 11.5 Å². The maximum Gasteiger partial charge on any atom is 0.186 e. The summed E-state index contributed by atoms with van der Waals surface area (Å²) in [6.07, 6.45) is 3.68. The van der Waals surface area contributed by atoms with Crippen molar-refractivity contribution in [2.24, 2.45) is 5.73 Å². The van der Waals surface area contributed by atoms with Crippen LogP contribution in [0, 0.1) is 0 Å². The fourth-order valence-electron chi connectivity index (χ4n) is 1.69. The van der Waals surface area contributed by atoms with Gasteiger partial charge in [0.25, 0.3) is 0 Å². The first-order valence-corrected chi connectivity index (χ1v) is 5.33. The van der Waals surface area contributed by atoms with Gasteiger partial charge in [-0.2, -0.15) is 0 Å². The van der Waals surface area contributed by atoms with Crippen molar-refractivity contribution >= 4 is 5.65 Å². The highest BCUT2D eigenvalue weighted by Crippen LogP contribution is 2.15. The Bertz CT molecular complexity index is 641. The van der Waals surface area contributed by atoms with E-state index in [1.54, 1.807) is 6.20 Å². The van der Waals surface area contributed by atoms with Crippen LogP contribution in [0.4, 0.5) is 0 Å². The number of pyridine rings is 2. The van der Waals surface area contributed by atoms with Crippen LogP contribution in [0.1, 0.15) is 5.56 Å². The molecule has 0 aliphatic heterocycles. The highest BCUT2D eigenvalue weighted by Gasteiger charge is 2.07. The number of hydrogen-bond donors (Lipinski definition) is 1. The molecule has 0 unspecified atom stereocenters. The molecule has 2 N–H and O–H groups in total. The lowest BCUT2D eigenvalue weighted by Gasteiger charge is -2.00. The Morgan fingerprint density at radius 3 is 2.82 bits per heavy atom. The molecule has 3 aromatic heterocycles. The van der Waals surface area contributed by atoms with Crippen LogP contribution >= 0.6 is 0 Å². The maximum atomic E-state index is 5.54. The number of hydrogen-bond acceptors (Lipinski definition) is 4. The summed E-state index contributed by atoms with van der Waals surface area (Å²) in [5.41, 5.74) is 8.14. The molecule has 0 aromatic carbocycles. The molecule has 0 saturated heterocycles. The van der Waals surface area contributed by atoms with E-state index in [-0.39, 0.29) is 0 Å². The summed E-state index contributed by atoms with van der Waals surface area (Å²) in [6, 6.07) is 9.63. The molecule has 0 spiro atoms. The van der Waals surface area contributed by atoms with Crippen molar-refractivity contribution in [1.29, 1.82) is 0 Å². The van der Waals surface area contributed by atoms with E-state index in [2.05, 4.69) is 15.2 Å². The van der Waals surface area contributed by atoms with Crippen LogP contribution in [0.2, 0.25) is 0 Å². The summed E-state index contributed by atoms with van der Waals surface area (Å²) in [4.78, 5) is 4.34. The standard InChI is InChI=1S/C12H11N5/c13-7-9-4-5-10(14-8-9)12-16-15-11-3-1-2-6-17(11)12/h1-6,8H,7,13H2. The molecule has 0 saturated carbocycles. The largest absolute Gasteiger partial charge is 0.326 e. The van der Waals surface area contributed by atoms with Crippen LogP contribution in [0.5, 0.6) is 0 Å². The molecule has 17 heavy (non-hydrogen) atoms. The average Bonchev–Trinajstić information content (AvgIpc) is 2.83. The van der Waals surface area contributed by atoms with E-state index < -0.39 is 0 Å². The molecule has 0 aliphatic rings. The third kappa shape index (κ3) is 1.66. The van der Waals surface area contributed by atoms with Gasteiger partial charge < -0.3 is 5.73 Å². The van der Waals surface area contributed by atoms with Crippen molar-refractivity contribution in [3.05, 3.63) is 48.3 Å². The van der Waals surface area contributed by atoms with Crippen LogP contribution in [0.25, 0.3) is 17.2 Å². The minimum Gasteiger partial charge on any atom is -0.326 e. The molecule has 3 rings (SSSR count). The zero-order valence-electron chi connectivity index (χ0n) is 9.11. The second kappa shape index (κ2) is 3.95. The van der Waals surface area contributed by atoms with Crippen LogP contribution < -0.4 is 5.73 Å². The zero-order valence-corrected chi connectivity index (χ0v) is 9.11. The average molecular weight is 225 g/mol. The first-order valence-electron chi connectivity index (χ1n) is 5.33. The quantitative estimate of drug-likeness (QED) is 0.712. The van der Waals surface area contributed by atoms with Gasteiger partial charge in [-0.3, -0.25) is 9.38 Å². The molecule has 3 heterocycles. The second-order valence-electron chi connectivity index (χ2n) is 3.71. The molecule has 5 nitrogen and oxygen atoms in total. The van der Waals surface area contributed by atoms with Gasteiger partial charge in [0, 0.05) is 18.9 Å². The van der Waals surface area contributed by atoms with Gasteiger partial charge in [0.1, 0.15) is 5.69 Å². The molecule has 0 atom stereocenters. The lowest BCUT2D eigenvalue weighted by atomic mass is 10.2. The maximum absolute atomic E-state index is 5.54. The van der Waals surface area contributed by atoms with Crippen LogP contribution in [-0.4, -0.2) is 19.6 Å². The van der Waals surface area contributed by atoms with E-state index in [9.17, 15) is 0 Å². The topological polar surface area (TPSA) is 69.1 Å². The minimum atomic E-state index is 0.494. The molecule has 3 aromatic rings. The third-order valence-electron chi connectivity index (χ3n) is 2.60. The van der Waals surface area contributed by atoms with Crippen LogP contribution in [0.15, 0.2) is 42.7 Å². The minimum absolute atomic E-state index is 0.494. The highest BCUT2D eigenvalue weighted by molar-refractivity contribution is 5.55. The van der Waals surface area contributed by atoms with Gasteiger partial charge in [0.2, 0.25) is 0 Å². The fourth-order valence-corrected chi connectivity index (χ4v) is 1.69. The van der Waals surface area contributed by atoms with Crippen molar-refractivity contribution in [1.82, 2.24) is 19.6 Å². The number of nitrogens with zero attached hydrogens (tertiary/aromatic N) is 4. The van der Waals surface area contributed by atoms with Gasteiger partial charge in [-0.1, -0.05) is 12.1 Å². The summed E-state index contributed by atoms with van der Waals surface area (Å²) < 4.78 is 1.91. The molecule has 0 amide bonds. The predicted octanol–water partition coefficient (Wildman–Crippen LogP) is 1.25. The number of aromatic nitrogens is 4. The number of nitrogens with two attached hydrogens (primary N) is 1. The Morgan fingerprint density at radius 1 is 1.12 bits per heavy atom. The molecule has 0 radical (unpaired) electrons. The van der Waals surface area contributed by atoms with Crippen LogP contribution in [0.3, 0.4) is 0 Å². The van der Waals surface area contributed by atoms with Gasteiger partial charge in [-0.05, 0) is 23.8 Å². The zero-order chi connectivity index (χ0) is 11.7. The van der Waals surface area contributed by atoms with Gasteiger partial charge in [-0.15, -0.1) is 10.2 Å². The second-order valence-corrected chi connectivity index (χ2v) is 3.71. The fraction of sp³-hybridized carbons (Fsp3) is 0.0833. The van der Waals surface area contributed by atoms with Crippen molar-refractivity contribution in [2.45, 2.75) is 6.54 Å². The first kappa shape index (κ1) is 9.92. The summed E-state index contributed by atoms with van der Waals surface area (Å²) in [5.74, 6) is 0.740. The van der Waals surface area contributed by atoms with E-state index in [4.69, 9.17) is 5.73 Å². The summed E-state index contributed by atoms with van der Waals surface area (Å²) in [5, 5.41) is 8.23. The van der Waals surface area contributed by atoms with E-state index in [0.717, 1.165) is 22.7 Å². The normalized spacial score (nSPS) is 10.9. The molecule has 84 valence electrons. The Balaban J connectivity index is 2.13. The van der Waals surface area contributed by atoms with Crippen LogP contribution in [-0.2, 0) is 6.54 Å². The lowest BCUT2D eigenvalue weighted by molar-refractivity contribution is 1.03. The van der Waals surface area contributed by atoms with E-state index in [0.29, 0.717) is 6.54 Å². The van der Waals surface area contributed by atoms with Crippen molar-refractivity contribution in [2.75, 3.05) is 0 Å². The van der Waals surface area contributed by atoms with Gasteiger partial charge >= 0.3 is 0 Å². The Labute approximate surface area is 97.9 Å². The predicted molar refractivity (Wildman–Crippen MR) is 64.1 cm³/mol. The van der Waals surface area contributed by atoms with Crippen molar-refractivity contribution in [3.63, 3.8) is 0 Å². The Morgan fingerprint density at radius 2 is 2.06 bits per heavy atom. The molecule has 0 aliphatic carbocycles. The first-order chi connectivity index (χ1) is 8.38. The molecular weight excluding hydrogens is 214 g/mol. The Hall–Kier alpha value is -2.27. The summed E-state index contributed by atoms with van der Waals surface area (Å²) in [6.45, 7) is 0.494. The molecule has 0 fully saturated rings. The monoisotopic (exact) mass is 225 g/mol. The SMILES string of the molecule is NCc1ccc(-c2nnc3ccccn23)nc1. The van der Waals surface area contributed by atoms with Gasteiger partial charge in [0.15, 0.2) is 11.5 Å². The Kier molecular flexibility index (Phi) is 2.31. The van der Waals surface area contributed by atoms with E-state index in [1.165, 1.54) is 0 Å². The lowest BCUT2D eigenvalue weighted by Crippen LogP contribution is -1.98. The molecule has 5 heteroatoms. The van der Waals surface area contributed by atoms with Gasteiger partial charge in [0.05, 0.1) is 0 Å². The third-order valence-corrected chi connectivity index (χ3v) is 2.60. The number of fused-ring (bicyclic) bond motifs is 1. The summed E-state index contributed by atoms with van der Waals surface area (Å²) in [7, 11) is 0. The number of rotatable bonds is 2. The molecule has 0 bridgehead atoms. The molecular formula is C12H11N5. The van der Waals surface area contributed by atoms with Gasteiger partial charge in [-0.25, -0.2) is 0 Å². The summed E-state index contributed by atoms with van der Waals surface area (Å²) >= 11 is 0. The van der Waals surface area contributed by atoms with Crippen molar-refractivity contribution < 1.29 is 0 Å². The van der Waals surface area contributed by atoms with E-state index in [1.807, 2.05) is 40.9 Å².